The first-order chi connectivity index (χ1) is 8.75. The van der Waals surface area contributed by atoms with E-state index in [1.54, 1.807) is 12.1 Å². The van der Waals surface area contributed by atoms with E-state index in [1.165, 1.54) is 6.33 Å². The van der Waals surface area contributed by atoms with Crippen molar-refractivity contribution >= 4 is 11.2 Å². The third-order valence-corrected chi connectivity index (χ3v) is 2.69. The summed E-state index contributed by atoms with van der Waals surface area (Å²) in [5.41, 5.74) is 0.957. The SMILES string of the molecule is O=c1[nH]cnc2nc([C@@H](O)c3ccccc3)[nH]c12. The van der Waals surface area contributed by atoms with Gasteiger partial charge in [-0.1, -0.05) is 30.3 Å². The molecular formula is C12H10N4O2. The van der Waals surface area contributed by atoms with E-state index in [2.05, 4.69) is 19.9 Å². The van der Waals surface area contributed by atoms with Crippen LogP contribution in [0.3, 0.4) is 0 Å². The molecule has 0 bridgehead atoms. The molecule has 0 aliphatic rings. The fourth-order valence-electron chi connectivity index (χ4n) is 1.78. The Morgan fingerprint density at radius 1 is 1.22 bits per heavy atom. The molecule has 3 aromatic rings. The highest BCUT2D eigenvalue weighted by Gasteiger charge is 2.16. The van der Waals surface area contributed by atoms with Crippen LogP contribution >= 0.6 is 0 Å². The number of aliphatic hydroxyl groups excluding tert-OH is 1. The van der Waals surface area contributed by atoms with E-state index in [0.29, 0.717) is 17.0 Å². The molecular weight excluding hydrogens is 232 g/mol. The minimum absolute atomic E-state index is 0.266. The van der Waals surface area contributed by atoms with Crippen molar-refractivity contribution in [2.75, 3.05) is 0 Å². The van der Waals surface area contributed by atoms with Crippen LogP contribution in [0.4, 0.5) is 0 Å². The topological polar surface area (TPSA) is 94.7 Å². The molecule has 0 amide bonds. The molecule has 0 aliphatic carbocycles. The minimum atomic E-state index is -0.903. The Hall–Kier alpha value is -2.47. The van der Waals surface area contributed by atoms with Crippen molar-refractivity contribution in [3.8, 4) is 0 Å². The van der Waals surface area contributed by atoms with Crippen molar-refractivity contribution in [1.29, 1.82) is 0 Å². The number of aromatic amines is 2. The quantitative estimate of drug-likeness (QED) is 0.617. The third kappa shape index (κ3) is 1.68. The number of H-pyrrole nitrogens is 2. The number of rotatable bonds is 2. The van der Waals surface area contributed by atoms with Crippen molar-refractivity contribution in [3.05, 3.63) is 58.4 Å². The lowest BCUT2D eigenvalue weighted by Gasteiger charge is -2.06. The van der Waals surface area contributed by atoms with Gasteiger partial charge in [-0.25, -0.2) is 9.97 Å². The first kappa shape index (κ1) is 10.7. The predicted octanol–water partition coefficient (Wildman–Crippen LogP) is 0.728. The zero-order chi connectivity index (χ0) is 12.5. The summed E-state index contributed by atoms with van der Waals surface area (Å²) in [5.74, 6) is 0.306. The molecule has 18 heavy (non-hydrogen) atoms. The molecule has 0 spiro atoms. The molecule has 0 saturated carbocycles. The average molecular weight is 242 g/mol. The van der Waals surface area contributed by atoms with E-state index in [-0.39, 0.29) is 11.1 Å². The highest BCUT2D eigenvalue weighted by Crippen LogP contribution is 2.19. The largest absolute Gasteiger partial charge is 0.380 e. The van der Waals surface area contributed by atoms with E-state index in [4.69, 9.17) is 0 Å². The molecule has 6 nitrogen and oxygen atoms in total. The van der Waals surface area contributed by atoms with Gasteiger partial charge in [-0.15, -0.1) is 0 Å². The summed E-state index contributed by atoms with van der Waals surface area (Å²) >= 11 is 0. The number of imidazole rings is 1. The number of hydrogen-bond acceptors (Lipinski definition) is 4. The summed E-state index contributed by atoms with van der Waals surface area (Å²) in [6.45, 7) is 0. The Morgan fingerprint density at radius 2 is 2.00 bits per heavy atom. The Bertz CT molecular complexity index is 732. The van der Waals surface area contributed by atoms with Gasteiger partial charge in [0.25, 0.3) is 5.56 Å². The Balaban J connectivity index is 2.10. The first-order valence-corrected chi connectivity index (χ1v) is 5.42. The van der Waals surface area contributed by atoms with Gasteiger partial charge < -0.3 is 15.1 Å². The van der Waals surface area contributed by atoms with Crippen LogP contribution in [0.1, 0.15) is 17.5 Å². The van der Waals surface area contributed by atoms with Crippen molar-refractivity contribution in [3.63, 3.8) is 0 Å². The Labute approximate surface area is 101 Å². The molecule has 2 heterocycles. The maximum absolute atomic E-state index is 11.5. The summed E-state index contributed by atoms with van der Waals surface area (Å²) in [6, 6.07) is 9.09. The van der Waals surface area contributed by atoms with Crippen molar-refractivity contribution in [2.45, 2.75) is 6.10 Å². The standard InChI is InChI=1S/C12H10N4O2/c17-9(7-4-2-1-3-5-7)11-15-8-10(16-11)13-6-14-12(8)18/h1-6,9,17H,(H2,13,14,15,16,18)/t9-/m0/s1. The Kier molecular flexibility index (Phi) is 2.42. The van der Waals surface area contributed by atoms with Crippen molar-refractivity contribution in [2.24, 2.45) is 0 Å². The van der Waals surface area contributed by atoms with Gasteiger partial charge in [0.1, 0.15) is 11.9 Å². The second-order valence-corrected chi connectivity index (χ2v) is 3.87. The van der Waals surface area contributed by atoms with Crippen LogP contribution in [0.2, 0.25) is 0 Å². The van der Waals surface area contributed by atoms with Crippen LogP contribution in [0.25, 0.3) is 11.2 Å². The molecule has 3 N–H and O–H groups in total. The molecule has 0 aliphatic heterocycles. The normalized spacial score (nSPS) is 12.7. The molecule has 0 fully saturated rings. The summed E-state index contributed by atoms with van der Waals surface area (Å²) in [7, 11) is 0. The number of benzene rings is 1. The van der Waals surface area contributed by atoms with E-state index < -0.39 is 6.10 Å². The van der Waals surface area contributed by atoms with Crippen molar-refractivity contribution < 1.29 is 5.11 Å². The third-order valence-electron chi connectivity index (χ3n) is 2.69. The summed E-state index contributed by atoms with van der Waals surface area (Å²) < 4.78 is 0. The van der Waals surface area contributed by atoms with Gasteiger partial charge >= 0.3 is 0 Å². The second kappa shape index (κ2) is 4.08. The lowest BCUT2D eigenvalue weighted by molar-refractivity contribution is 0.211. The molecule has 1 aromatic carbocycles. The number of hydrogen-bond donors (Lipinski definition) is 3. The highest BCUT2D eigenvalue weighted by molar-refractivity contribution is 5.68. The molecule has 90 valence electrons. The van der Waals surface area contributed by atoms with Gasteiger partial charge in [-0.3, -0.25) is 4.79 Å². The lowest BCUT2D eigenvalue weighted by Crippen LogP contribution is -2.06. The lowest BCUT2D eigenvalue weighted by atomic mass is 10.1. The summed E-state index contributed by atoms with van der Waals surface area (Å²) in [5, 5.41) is 10.2. The molecule has 0 saturated heterocycles. The maximum atomic E-state index is 11.5. The van der Waals surface area contributed by atoms with Gasteiger partial charge in [-0.05, 0) is 5.56 Å². The van der Waals surface area contributed by atoms with E-state index >= 15 is 0 Å². The van der Waals surface area contributed by atoms with Gasteiger partial charge in [0.05, 0.1) is 6.33 Å². The van der Waals surface area contributed by atoms with Crippen LogP contribution in [0, 0.1) is 0 Å². The van der Waals surface area contributed by atoms with Crippen LogP contribution in [0.5, 0.6) is 0 Å². The summed E-state index contributed by atoms with van der Waals surface area (Å²) in [4.78, 5) is 24.8. The smallest absolute Gasteiger partial charge is 0.276 e. The highest BCUT2D eigenvalue weighted by atomic mass is 16.3. The molecule has 1 atom stereocenters. The predicted molar refractivity (Wildman–Crippen MR) is 65.0 cm³/mol. The number of aromatic nitrogens is 4. The fourth-order valence-corrected chi connectivity index (χ4v) is 1.78. The minimum Gasteiger partial charge on any atom is -0.380 e. The van der Waals surface area contributed by atoms with Crippen LogP contribution < -0.4 is 5.56 Å². The first-order valence-electron chi connectivity index (χ1n) is 5.42. The monoisotopic (exact) mass is 242 g/mol. The Morgan fingerprint density at radius 3 is 2.72 bits per heavy atom. The number of nitrogens with zero attached hydrogens (tertiary/aromatic N) is 2. The molecule has 3 rings (SSSR count). The van der Waals surface area contributed by atoms with Crippen LogP contribution in [-0.2, 0) is 0 Å². The zero-order valence-corrected chi connectivity index (χ0v) is 9.29. The van der Waals surface area contributed by atoms with Crippen molar-refractivity contribution in [1.82, 2.24) is 19.9 Å². The van der Waals surface area contributed by atoms with Gasteiger partial charge in [0.15, 0.2) is 11.2 Å². The van der Waals surface area contributed by atoms with Crippen LogP contribution in [-0.4, -0.2) is 25.0 Å². The number of nitrogens with one attached hydrogen (secondary N) is 2. The van der Waals surface area contributed by atoms with Crippen LogP contribution in [0.15, 0.2) is 41.5 Å². The molecule has 6 heteroatoms. The van der Waals surface area contributed by atoms with Gasteiger partial charge in [0, 0.05) is 0 Å². The number of aliphatic hydroxyl groups is 1. The van der Waals surface area contributed by atoms with Gasteiger partial charge in [-0.2, -0.15) is 0 Å². The average Bonchev–Trinajstić information content (AvgIpc) is 2.84. The summed E-state index contributed by atoms with van der Waals surface area (Å²) in [6.07, 6.45) is 0.379. The fraction of sp³-hybridized carbons (Fsp3) is 0.0833. The van der Waals surface area contributed by atoms with E-state index in [9.17, 15) is 9.90 Å². The molecule has 0 unspecified atom stereocenters. The maximum Gasteiger partial charge on any atom is 0.276 e. The zero-order valence-electron chi connectivity index (χ0n) is 9.29. The van der Waals surface area contributed by atoms with Gasteiger partial charge in [0.2, 0.25) is 0 Å². The molecule has 0 radical (unpaired) electrons. The molecule has 2 aromatic heterocycles. The van der Waals surface area contributed by atoms with E-state index in [0.717, 1.165) is 0 Å². The number of fused-ring (bicyclic) bond motifs is 1. The van der Waals surface area contributed by atoms with E-state index in [1.807, 2.05) is 18.2 Å². The second-order valence-electron chi connectivity index (χ2n) is 3.87.